The number of hydrogen-bond donors (Lipinski definition) is 1. The number of aliphatic hydroxyl groups excluding tert-OH is 1. The van der Waals surface area contributed by atoms with Crippen LogP contribution in [0.15, 0.2) is 24.3 Å². The Morgan fingerprint density at radius 3 is 2.70 bits per heavy atom. The van der Waals surface area contributed by atoms with Crippen molar-refractivity contribution in [2.75, 3.05) is 32.8 Å². The quantitative estimate of drug-likeness (QED) is 0.870. The highest BCUT2D eigenvalue weighted by atomic mass is 19.1. The van der Waals surface area contributed by atoms with E-state index >= 15 is 0 Å². The lowest BCUT2D eigenvalue weighted by Gasteiger charge is -2.40. The predicted octanol–water partition coefficient (Wildman–Crippen LogP) is 2.69. The van der Waals surface area contributed by atoms with Crippen LogP contribution in [0.2, 0.25) is 0 Å². The molecule has 1 fully saturated rings. The van der Waals surface area contributed by atoms with Gasteiger partial charge in [-0.05, 0) is 49.9 Å². The number of rotatable bonds is 6. The first-order chi connectivity index (χ1) is 9.67. The molecule has 1 saturated heterocycles. The van der Waals surface area contributed by atoms with Gasteiger partial charge in [0.25, 0.3) is 0 Å². The maximum Gasteiger partial charge on any atom is 0.126 e. The smallest absolute Gasteiger partial charge is 0.126 e. The first kappa shape index (κ1) is 15.3. The molecule has 1 heterocycles. The van der Waals surface area contributed by atoms with E-state index in [9.17, 15) is 9.50 Å². The van der Waals surface area contributed by atoms with Gasteiger partial charge in [0.2, 0.25) is 0 Å². The average molecular weight is 281 g/mol. The Morgan fingerprint density at radius 2 is 2.10 bits per heavy atom. The van der Waals surface area contributed by atoms with Gasteiger partial charge in [-0.2, -0.15) is 0 Å². The molecule has 0 bridgehead atoms. The Morgan fingerprint density at radius 1 is 1.35 bits per heavy atom. The summed E-state index contributed by atoms with van der Waals surface area (Å²) in [6, 6.07) is 6.25. The molecule has 1 aromatic rings. The van der Waals surface area contributed by atoms with Crippen LogP contribution in [0.5, 0.6) is 5.75 Å². The first-order valence-corrected chi connectivity index (χ1v) is 7.39. The first-order valence-electron chi connectivity index (χ1n) is 7.39. The molecular formula is C16H24FNO2. The van der Waals surface area contributed by atoms with Crippen LogP contribution >= 0.6 is 0 Å². The third kappa shape index (κ3) is 3.93. The van der Waals surface area contributed by atoms with Crippen LogP contribution in [0.25, 0.3) is 0 Å². The number of aliphatic hydroxyl groups is 1. The second kappa shape index (κ2) is 7.04. The molecule has 1 N–H and O–H groups in total. The van der Waals surface area contributed by atoms with E-state index < -0.39 is 0 Å². The zero-order valence-electron chi connectivity index (χ0n) is 12.1. The van der Waals surface area contributed by atoms with Crippen LogP contribution in [0.4, 0.5) is 4.39 Å². The van der Waals surface area contributed by atoms with Crippen LogP contribution in [-0.4, -0.2) is 42.9 Å². The average Bonchev–Trinajstić information content (AvgIpc) is 2.48. The van der Waals surface area contributed by atoms with Crippen LogP contribution in [0, 0.1) is 11.2 Å². The number of nitrogens with zero attached hydrogens (tertiary/aromatic N) is 1. The van der Waals surface area contributed by atoms with Gasteiger partial charge in [-0.1, -0.05) is 13.0 Å². The highest BCUT2D eigenvalue weighted by Crippen LogP contribution is 2.33. The van der Waals surface area contributed by atoms with Crippen molar-refractivity contribution in [2.24, 2.45) is 5.41 Å². The third-order valence-electron chi connectivity index (χ3n) is 4.47. The molecule has 1 aliphatic heterocycles. The van der Waals surface area contributed by atoms with E-state index in [0.29, 0.717) is 12.4 Å². The van der Waals surface area contributed by atoms with Gasteiger partial charge in [-0.25, -0.2) is 4.39 Å². The van der Waals surface area contributed by atoms with E-state index in [1.807, 2.05) is 0 Å². The van der Waals surface area contributed by atoms with Gasteiger partial charge in [-0.15, -0.1) is 0 Å². The summed E-state index contributed by atoms with van der Waals surface area (Å²) in [5.41, 5.74) is 0.125. The predicted molar refractivity (Wildman–Crippen MR) is 77.4 cm³/mol. The minimum Gasteiger partial charge on any atom is -0.492 e. The number of piperidine rings is 1. The summed E-state index contributed by atoms with van der Waals surface area (Å²) in [7, 11) is 0. The summed E-state index contributed by atoms with van der Waals surface area (Å²) >= 11 is 0. The second-order valence-electron chi connectivity index (χ2n) is 5.66. The fraction of sp³-hybridized carbons (Fsp3) is 0.625. The van der Waals surface area contributed by atoms with Gasteiger partial charge in [0.1, 0.15) is 18.2 Å². The Bertz CT molecular complexity index is 411. The summed E-state index contributed by atoms with van der Waals surface area (Å²) in [5, 5.41) is 9.50. The van der Waals surface area contributed by atoms with Crippen molar-refractivity contribution in [2.45, 2.75) is 26.2 Å². The second-order valence-corrected chi connectivity index (χ2v) is 5.66. The maximum atomic E-state index is 13.0. The van der Waals surface area contributed by atoms with E-state index in [4.69, 9.17) is 4.74 Å². The summed E-state index contributed by atoms with van der Waals surface area (Å²) in [5.74, 6) is 0.316. The van der Waals surface area contributed by atoms with Crippen LogP contribution < -0.4 is 4.74 Å². The number of halogens is 1. The molecule has 0 unspecified atom stereocenters. The molecule has 0 amide bonds. The molecule has 2 rings (SSSR count). The Labute approximate surface area is 120 Å². The van der Waals surface area contributed by atoms with Gasteiger partial charge < -0.3 is 9.84 Å². The molecule has 20 heavy (non-hydrogen) atoms. The van der Waals surface area contributed by atoms with Crippen molar-refractivity contribution >= 4 is 0 Å². The molecule has 0 radical (unpaired) electrons. The number of benzene rings is 1. The van der Waals surface area contributed by atoms with E-state index in [-0.39, 0.29) is 17.8 Å². The molecular weight excluding hydrogens is 257 g/mol. The van der Waals surface area contributed by atoms with Crippen LogP contribution in [0.3, 0.4) is 0 Å². The lowest BCUT2D eigenvalue weighted by molar-refractivity contribution is 0.0366. The molecule has 1 aromatic carbocycles. The monoisotopic (exact) mass is 281 g/mol. The van der Waals surface area contributed by atoms with Gasteiger partial charge in [0, 0.05) is 19.2 Å². The fourth-order valence-electron chi connectivity index (χ4n) is 2.72. The molecule has 0 spiro atoms. The Balaban J connectivity index is 1.71. The van der Waals surface area contributed by atoms with E-state index in [2.05, 4.69) is 11.8 Å². The molecule has 0 aliphatic carbocycles. The fourth-order valence-corrected chi connectivity index (χ4v) is 2.72. The number of likely N-dealkylation sites (tertiary alicyclic amines) is 1. The van der Waals surface area contributed by atoms with E-state index in [1.54, 1.807) is 12.1 Å². The Hall–Kier alpha value is -1.13. The van der Waals surface area contributed by atoms with Crippen molar-refractivity contribution in [3.05, 3.63) is 30.1 Å². The molecule has 3 nitrogen and oxygen atoms in total. The summed E-state index contributed by atoms with van der Waals surface area (Å²) in [4.78, 5) is 2.35. The van der Waals surface area contributed by atoms with Crippen molar-refractivity contribution in [1.82, 2.24) is 4.90 Å². The van der Waals surface area contributed by atoms with Crippen molar-refractivity contribution < 1.29 is 14.2 Å². The normalized spacial score (nSPS) is 18.9. The third-order valence-corrected chi connectivity index (χ3v) is 4.47. The van der Waals surface area contributed by atoms with Crippen molar-refractivity contribution in [3.63, 3.8) is 0 Å². The van der Waals surface area contributed by atoms with Crippen LogP contribution in [0.1, 0.15) is 26.2 Å². The number of hydrogen-bond acceptors (Lipinski definition) is 3. The largest absolute Gasteiger partial charge is 0.492 e. The highest BCUT2D eigenvalue weighted by Gasteiger charge is 2.31. The maximum absolute atomic E-state index is 13.0. The van der Waals surface area contributed by atoms with Crippen molar-refractivity contribution in [1.29, 1.82) is 0 Å². The zero-order chi connectivity index (χ0) is 14.4. The lowest BCUT2D eigenvalue weighted by Crippen LogP contribution is -2.43. The topological polar surface area (TPSA) is 32.7 Å². The summed E-state index contributed by atoms with van der Waals surface area (Å²) in [6.07, 6.45) is 3.12. The van der Waals surface area contributed by atoms with E-state index in [1.165, 1.54) is 12.1 Å². The van der Waals surface area contributed by atoms with Gasteiger partial charge in [0.05, 0.1) is 0 Å². The molecule has 0 atom stereocenters. The zero-order valence-corrected chi connectivity index (χ0v) is 12.1. The minimum atomic E-state index is -0.267. The summed E-state index contributed by atoms with van der Waals surface area (Å²) < 4.78 is 18.6. The minimum absolute atomic E-state index is 0.125. The SMILES string of the molecule is CCC1(CO)CCN(CCOc2cccc(F)c2)CC1. The molecule has 0 saturated carbocycles. The van der Waals surface area contributed by atoms with Gasteiger partial charge >= 0.3 is 0 Å². The van der Waals surface area contributed by atoms with Gasteiger partial charge in [-0.3, -0.25) is 4.90 Å². The number of ether oxygens (including phenoxy) is 1. The summed E-state index contributed by atoms with van der Waals surface area (Å²) in [6.45, 7) is 5.86. The molecule has 0 aromatic heterocycles. The standard InChI is InChI=1S/C16H24FNO2/c1-2-16(13-19)6-8-18(9-7-16)10-11-20-15-5-3-4-14(17)12-15/h3-5,12,19H,2,6-11,13H2,1H3. The molecule has 1 aliphatic rings. The van der Waals surface area contributed by atoms with Gasteiger partial charge in [0.15, 0.2) is 0 Å². The van der Waals surface area contributed by atoms with Crippen molar-refractivity contribution in [3.8, 4) is 5.75 Å². The van der Waals surface area contributed by atoms with Crippen LogP contribution in [-0.2, 0) is 0 Å². The molecule has 112 valence electrons. The Kier molecular flexibility index (Phi) is 5.38. The molecule has 4 heteroatoms. The lowest BCUT2D eigenvalue weighted by atomic mass is 9.77. The highest BCUT2D eigenvalue weighted by molar-refractivity contribution is 5.22. The van der Waals surface area contributed by atoms with E-state index in [0.717, 1.165) is 38.9 Å².